The lowest BCUT2D eigenvalue weighted by Gasteiger charge is -2.31. The highest BCUT2D eigenvalue weighted by Gasteiger charge is 2.63. The molecule has 3 heteroatoms. The number of carbonyl (C=O) groups excluding carboxylic acids is 1. The Hall–Kier alpha value is -1.12. The lowest BCUT2D eigenvalue weighted by molar-refractivity contribution is -0.140. The van der Waals surface area contributed by atoms with Crippen molar-refractivity contribution in [2.45, 2.75) is 53.9 Å². The van der Waals surface area contributed by atoms with E-state index in [9.17, 15) is 14.7 Å². The minimum atomic E-state index is -0.815. The monoisotopic (exact) mass is 278 g/mol. The van der Waals surface area contributed by atoms with Gasteiger partial charge in [0.05, 0.1) is 5.92 Å². The number of hydrogen-bond donors (Lipinski definition) is 1. The van der Waals surface area contributed by atoms with Gasteiger partial charge in [0.25, 0.3) is 0 Å². The molecule has 3 unspecified atom stereocenters. The third-order valence-electron chi connectivity index (χ3n) is 5.79. The van der Waals surface area contributed by atoms with Crippen LogP contribution in [0, 0.1) is 28.6 Å². The molecule has 3 atom stereocenters. The van der Waals surface area contributed by atoms with E-state index >= 15 is 0 Å². The predicted molar refractivity (Wildman–Crippen MR) is 78.3 cm³/mol. The molecule has 2 rings (SSSR count). The van der Waals surface area contributed by atoms with Crippen LogP contribution in [0.15, 0.2) is 11.6 Å². The van der Waals surface area contributed by atoms with Crippen LogP contribution in [0.4, 0.5) is 0 Å². The normalized spacial score (nSPS) is 35.0. The molecule has 3 nitrogen and oxygen atoms in total. The minimum absolute atomic E-state index is 0.0448. The molecule has 2 aliphatic carbocycles. The summed E-state index contributed by atoms with van der Waals surface area (Å²) in [7, 11) is 0. The molecule has 0 spiro atoms. The van der Waals surface area contributed by atoms with Gasteiger partial charge in [-0.25, -0.2) is 0 Å². The minimum Gasteiger partial charge on any atom is -0.481 e. The Kier molecular flexibility index (Phi) is 3.60. The zero-order valence-electron chi connectivity index (χ0n) is 13.2. The molecule has 2 aliphatic rings. The predicted octanol–water partition coefficient (Wildman–Crippen LogP) is 3.68. The van der Waals surface area contributed by atoms with Gasteiger partial charge < -0.3 is 5.11 Å². The Balaban J connectivity index is 2.36. The highest BCUT2D eigenvalue weighted by molar-refractivity contribution is 6.05. The molecule has 2 fully saturated rings. The second kappa shape index (κ2) is 4.71. The first kappa shape index (κ1) is 15.3. The van der Waals surface area contributed by atoms with Crippen molar-refractivity contribution in [3.8, 4) is 0 Å². The van der Waals surface area contributed by atoms with Crippen molar-refractivity contribution >= 4 is 11.8 Å². The van der Waals surface area contributed by atoms with Crippen LogP contribution >= 0.6 is 0 Å². The number of carboxylic acids is 1. The fourth-order valence-electron chi connectivity index (χ4n) is 4.08. The highest BCUT2D eigenvalue weighted by atomic mass is 16.4. The molecule has 20 heavy (non-hydrogen) atoms. The van der Waals surface area contributed by atoms with E-state index in [0.29, 0.717) is 12.3 Å². The summed E-state index contributed by atoms with van der Waals surface area (Å²) in [6.45, 7) is 10.4. The number of hydrogen-bond acceptors (Lipinski definition) is 2. The van der Waals surface area contributed by atoms with Gasteiger partial charge in [-0.2, -0.15) is 0 Å². The van der Waals surface area contributed by atoms with Crippen LogP contribution < -0.4 is 0 Å². The molecule has 0 radical (unpaired) electrons. The van der Waals surface area contributed by atoms with Crippen LogP contribution in [0.5, 0.6) is 0 Å². The first-order valence-corrected chi connectivity index (χ1v) is 7.60. The number of Topliss-reactive ketones (excluding diaryl/α,β-unsaturated/α-hetero) is 1. The molecule has 0 heterocycles. The number of ketones is 1. The first-order chi connectivity index (χ1) is 9.11. The molecule has 0 aromatic heterocycles. The second-order valence-electron chi connectivity index (χ2n) is 7.67. The lowest BCUT2D eigenvalue weighted by atomic mass is 9.70. The summed E-state index contributed by atoms with van der Waals surface area (Å²) < 4.78 is 0. The average Bonchev–Trinajstić information content (AvgIpc) is 2.62. The number of aliphatic carboxylic acids is 1. The van der Waals surface area contributed by atoms with Crippen molar-refractivity contribution < 1.29 is 14.7 Å². The summed E-state index contributed by atoms with van der Waals surface area (Å²) in [5.74, 6) is -0.620. The van der Waals surface area contributed by atoms with Crippen molar-refractivity contribution in [2.75, 3.05) is 0 Å². The highest BCUT2D eigenvalue weighted by Crippen LogP contribution is 2.65. The molecule has 0 aromatic rings. The molecule has 0 aromatic carbocycles. The topological polar surface area (TPSA) is 54.4 Å². The summed E-state index contributed by atoms with van der Waals surface area (Å²) in [6, 6.07) is 0. The molecular weight excluding hydrogens is 252 g/mol. The third kappa shape index (κ3) is 2.02. The Morgan fingerprint density at radius 2 is 2.00 bits per heavy atom. The van der Waals surface area contributed by atoms with E-state index in [-0.39, 0.29) is 22.5 Å². The van der Waals surface area contributed by atoms with Crippen molar-refractivity contribution in [3.63, 3.8) is 0 Å². The SMILES string of the molecule is CC(C)CC(C=C1C(=O)C2(C)CCC1C2(C)C)C(=O)O. The Morgan fingerprint density at radius 1 is 1.40 bits per heavy atom. The van der Waals surface area contributed by atoms with Gasteiger partial charge in [0.2, 0.25) is 0 Å². The third-order valence-corrected chi connectivity index (χ3v) is 5.79. The van der Waals surface area contributed by atoms with Crippen LogP contribution in [0.1, 0.15) is 53.9 Å². The second-order valence-corrected chi connectivity index (χ2v) is 7.67. The number of allylic oxidation sites excluding steroid dienone is 1. The Bertz CT molecular complexity index is 473. The maximum Gasteiger partial charge on any atom is 0.310 e. The summed E-state index contributed by atoms with van der Waals surface area (Å²) in [5.41, 5.74) is 0.443. The largest absolute Gasteiger partial charge is 0.481 e. The van der Waals surface area contributed by atoms with Gasteiger partial charge in [0.1, 0.15) is 0 Å². The number of rotatable bonds is 4. The average molecular weight is 278 g/mol. The summed E-state index contributed by atoms with van der Waals surface area (Å²) in [6.07, 6.45) is 4.30. The molecule has 112 valence electrons. The smallest absolute Gasteiger partial charge is 0.310 e. The van der Waals surface area contributed by atoms with Gasteiger partial charge in [-0.3, -0.25) is 9.59 Å². The molecule has 0 amide bonds. The molecule has 0 saturated heterocycles. The quantitative estimate of drug-likeness (QED) is 0.798. The van der Waals surface area contributed by atoms with Crippen molar-refractivity contribution in [3.05, 3.63) is 11.6 Å². The van der Waals surface area contributed by atoms with E-state index in [2.05, 4.69) is 13.8 Å². The zero-order valence-corrected chi connectivity index (χ0v) is 13.2. The molecule has 2 saturated carbocycles. The molecular formula is C17H26O3. The van der Waals surface area contributed by atoms with Crippen molar-refractivity contribution in [1.29, 1.82) is 0 Å². The fraction of sp³-hybridized carbons (Fsp3) is 0.765. The van der Waals surface area contributed by atoms with Gasteiger partial charge >= 0.3 is 5.97 Å². The number of fused-ring (bicyclic) bond motifs is 2. The van der Waals surface area contributed by atoms with E-state index in [4.69, 9.17) is 0 Å². The molecule has 2 bridgehead atoms. The zero-order chi connectivity index (χ0) is 15.3. The standard InChI is InChI=1S/C17H26O3/c1-10(2)8-11(15(19)20)9-12-13-6-7-17(5,14(12)18)16(13,3)4/h9-11,13H,6-8H2,1-5H3,(H,19,20). The van der Waals surface area contributed by atoms with Gasteiger partial charge in [-0.1, -0.05) is 40.7 Å². The van der Waals surface area contributed by atoms with Crippen LogP contribution in [0.2, 0.25) is 0 Å². The number of carboxylic acid groups (broad SMARTS) is 1. The van der Waals surface area contributed by atoms with Crippen LogP contribution in [-0.4, -0.2) is 16.9 Å². The molecule has 0 aliphatic heterocycles. The van der Waals surface area contributed by atoms with E-state index < -0.39 is 11.9 Å². The van der Waals surface area contributed by atoms with E-state index in [0.717, 1.165) is 18.4 Å². The number of carbonyl (C=O) groups is 2. The van der Waals surface area contributed by atoms with E-state index in [1.165, 1.54) is 0 Å². The van der Waals surface area contributed by atoms with Gasteiger partial charge in [-0.05, 0) is 42.1 Å². The van der Waals surface area contributed by atoms with Crippen LogP contribution in [-0.2, 0) is 9.59 Å². The molecule has 1 N–H and O–H groups in total. The van der Waals surface area contributed by atoms with Gasteiger partial charge in [-0.15, -0.1) is 0 Å². The van der Waals surface area contributed by atoms with Crippen LogP contribution in [0.25, 0.3) is 0 Å². The van der Waals surface area contributed by atoms with Gasteiger partial charge in [0.15, 0.2) is 5.78 Å². The fourth-order valence-corrected chi connectivity index (χ4v) is 4.08. The van der Waals surface area contributed by atoms with Gasteiger partial charge in [0, 0.05) is 5.41 Å². The Labute approximate surface area is 121 Å². The Morgan fingerprint density at radius 3 is 2.40 bits per heavy atom. The first-order valence-electron chi connectivity index (χ1n) is 7.60. The summed E-state index contributed by atoms with van der Waals surface area (Å²) in [5, 5.41) is 9.38. The summed E-state index contributed by atoms with van der Waals surface area (Å²) in [4.78, 5) is 24.1. The van der Waals surface area contributed by atoms with Crippen molar-refractivity contribution in [1.82, 2.24) is 0 Å². The van der Waals surface area contributed by atoms with Crippen molar-refractivity contribution in [2.24, 2.45) is 28.6 Å². The maximum atomic E-state index is 12.7. The van der Waals surface area contributed by atoms with Crippen LogP contribution in [0.3, 0.4) is 0 Å². The summed E-state index contributed by atoms with van der Waals surface area (Å²) >= 11 is 0. The maximum absolute atomic E-state index is 12.7. The van der Waals surface area contributed by atoms with E-state index in [1.807, 2.05) is 20.8 Å². The lowest BCUT2D eigenvalue weighted by Crippen LogP contribution is -2.32. The van der Waals surface area contributed by atoms with E-state index in [1.54, 1.807) is 6.08 Å².